The molecule has 4 heterocycles. The maximum atomic E-state index is 14.5. The van der Waals surface area contributed by atoms with Crippen molar-refractivity contribution in [2.45, 2.75) is 32.2 Å². The highest BCUT2D eigenvalue weighted by Gasteiger charge is 2.25. The van der Waals surface area contributed by atoms with Crippen molar-refractivity contribution in [1.29, 1.82) is 5.26 Å². The number of rotatable bonds is 8. The number of hydrogen-bond donors (Lipinski definition) is 0. The van der Waals surface area contributed by atoms with Crippen molar-refractivity contribution >= 4 is 28.3 Å². The molecule has 2 fully saturated rings. The third kappa shape index (κ3) is 5.59. The SMILES string of the molecule is N#Cc1cc2nc(CN3CCN(c4ccc(F)c(OCc5ccc(Cl)cc5F)c4)CC3)n(C[C@@H]3CCO3)c2cn1. The molecule has 0 saturated carbocycles. The first kappa shape index (κ1) is 26.4. The highest BCUT2D eigenvalue weighted by atomic mass is 35.5. The Labute approximate surface area is 235 Å². The molecule has 2 aliphatic heterocycles. The number of pyridine rings is 1. The van der Waals surface area contributed by atoms with Crippen LogP contribution in [0.4, 0.5) is 14.5 Å². The monoisotopic (exact) mass is 564 g/mol. The molecule has 40 heavy (non-hydrogen) atoms. The van der Waals surface area contributed by atoms with E-state index in [9.17, 15) is 14.0 Å². The van der Waals surface area contributed by atoms with Crippen molar-refractivity contribution in [3.8, 4) is 11.8 Å². The third-order valence-electron chi connectivity index (χ3n) is 7.42. The van der Waals surface area contributed by atoms with Gasteiger partial charge in [-0.05, 0) is 30.7 Å². The number of imidazole rings is 1. The van der Waals surface area contributed by atoms with Crippen LogP contribution in [0.15, 0.2) is 48.7 Å². The van der Waals surface area contributed by atoms with Gasteiger partial charge in [0.05, 0.1) is 36.4 Å². The number of nitriles is 1. The lowest BCUT2D eigenvalue weighted by molar-refractivity contribution is -0.0592. The predicted molar refractivity (Wildman–Crippen MR) is 146 cm³/mol. The Morgan fingerprint density at radius 1 is 1.07 bits per heavy atom. The number of fused-ring (bicyclic) bond motifs is 1. The summed E-state index contributed by atoms with van der Waals surface area (Å²) in [4.78, 5) is 13.6. The molecular weight excluding hydrogens is 538 g/mol. The van der Waals surface area contributed by atoms with Gasteiger partial charge in [-0.2, -0.15) is 5.26 Å². The number of nitrogens with zero attached hydrogens (tertiary/aromatic N) is 6. The summed E-state index contributed by atoms with van der Waals surface area (Å²) in [6.07, 6.45) is 2.89. The largest absolute Gasteiger partial charge is 0.486 e. The lowest BCUT2D eigenvalue weighted by Gasteiger charge is -2.36. The second kappa shape index (κ2) is 11.4. The van der Waals surface area contributed by atoms with Crippen molar-refractivity contribution < 1.29 is 18.3 Å². The molecule has 4 aromatic rings. The molecule has 0 aliphatic carbocycles. The van der Waals surface area contributed by atoms with E-state index in [1.807, 2.05) is 0 Å². The molecule has 11 heteroatoms. The summed E-state index contributed by atoms with van der Waals surface area (Å²) >= 11 is 5.81. The molecule has 6 rings (SSSR count). The van der Waals surface area contributed by atoms with Crippen LogP contribution in [0.3, 0.4) is 0 Å². The van der Waals surface area contributed by atoms with E-state index in [4.69, 9.17) is 26.1 Å². The zero-order valence-electron chi connectivity index (χ0n) is 21.7. The summed E-state index contributed by atoms with van der Waals surface area (Å²) in [6, 6.07) is 12.9. The van der Waals surface area contributed by atoms with Gasteiger partial charge in [0.1, 0.15) is 30.0 Å². The zero-order chi connectivity index (χ0) is 27.6. The van der Waals surface area contributed by atoms with E-state index in [0.717, 1.165) is 61.8 Å². The molecule has 0 bridgehead atoms. The molecule has 0 spiro atoms. The van der Waals surface area contributed by atoms with Crippen LogP contribution in [0.5, 0.6) is 5.75 Å². The average molecular weight is 565 g/mol. The first-order valence-electron chi connectivity index (χ1n) is 13.2. The van der Waals surface area contributed by atoms with E-state index >= 15 is 0 Å². The van der Waals surface area contributed by atoms with Gasteiger partial charge in [-0.1, -0.05) is 17.7 Å². The summed E-state index contributed by atoms with van der Waals surface area (Å²) in [7, 11) is 0. The smallest absolute Gasteiger partial charge is 0.165 e. The number of anilines is 1. The van der Waals surface area contributed by atoms with E-state index in [-0.39, 0.29) is 18.5 Å². The van der Waals surface area contributed by atoms with Gasteiger partial charge in [0, 0.05) is 61.2 Å². The van der Waals surface area contributed by atoms with Gasteiger partial charge in [-0.15, -0.1) is 0 Å². The number of hydrogen-bond acceptors (Lipinski definition) is 7. The predicted octanol–water partition coefficient (Wildman–Crippen LogP) is 4.92. The van der Waals surface area contributed by atoms with Gasteiger partial charge in [-0.25, -0.2) is 18.7 Å². The minimum absolute atomic E-state index is 0.0755. The molecule has 2 aliphatic rings. The molecule has 0 unspecified atom stereocenters. The van der Waals surface area contributed by atoms with Gasteiger partial charge in [0.2, 0.25) is 0 Å². The average Bonchev–Trinajstić information content (AvgIpc) is 3.27. The molecular formula is C29H27ClF2N6O2. The van der Waals surface area contributed by atoms with Crippen LogP contribution in [0.1, 0.15) is 23.5 Å². The van der Waals surface area contributed by atoms with Gasteiger partial charge < -0.3 is 18.9 Å². The first-order chi connectivity index (χ1) is 19.5. The zero-order valence-corrected chi connectivity index (χ0v) is 22.4. The standard InChI is InChI=1S/C29H27ClF2N6O2/c30-20-2-1-19(25(32)11-20)18-40-28-13-22(3-4-24(28)31)37-8-6-36(7-9-37)17-29-35-26-12-21(14-33)34-15-27(26)38(29)16-23-5-10-39-23/h1-4,11-13,15,23H,5-10,16-18H2/t23-/m0/s1. The van der Waals surface area contributed by atoms with E-state index in [2.05, 4.69) is 25.4 Å². The fraction of sp³-hybridized carbons (Fsp3) is 0.345. The van der Waals surface area contributed by atoms with Crippen molar-refractivity contribution in [3.63, 3.8) is 0 Å². The molecule has 0 radical (unpaired) electrons. The van der Waals surface area contributed by atoms with Crippen molar-refractivity contribution in [3.05, 3.63) is 82.4 Å². The minimum Gasteiger partial charge on any atom is -0.486 e. The summed E-state index contributed by atoms with van der Waals surface area (Å²) in [5, 5.41) is 9.55. The number of piperazine rings is 1. The number of ether oxygens (including phenoxy) is 2. The number of halogens is 3. The second-order valence-electron chi connectivity index (χ2n) is 9.99. The van der Waals surface area contributed by atoms with Crippen molar-refractivity contribution in [2.75, 3.05) is 37.7 Å². The van der Waals surface area contributed by atoms with Crippen LogP contribution in [0.2, 0.25) is 5.02 Å². The van der Waals surface area contributed by atoms with Crippen LogP contribution in [-0.2, 0) is 24.4 Å². The fourth-order valence-corrected chi connectivity index (χ4v) is 5.21. The fourth-order valence-electron chi connectivity index (χ4n) is 5.05. The molecule has 2 saturated heterocycles. The van der Waals surface area contributed by atoms with Crippen LogP contribution in [0, 0.1) is 23.0 Å². The Morgan fingerprint density at radius 3 is 2.62 bits per heavy atom. The summed E-state index contributed by atoms with van der Waals surface area (Å²) in [6.45, 7) is 5.09. The van der Waals surface area contributed by atoms with Crippen LogP contribution in [-0.4, -0.2) is 58.3 Å². The normalized spacial score (nSPS) is 17.6. The maximum absolute atomic E-state index is 14.5. The van der Waals surface area contributed by atoms with Gasteiger partial charge in [0.25, 0.3) is 0 Å². The van der Waals surface area contributed by atoms with Gasteiger partial charge in [0.15, 0.2) is 11.6 Å². The van der Waals surface area contributed by atoms with E-state index in [1.165, 1.54) is 18.2 Å². The molecule has 206 valence electrons. The van der Waals surface area contributed by atoms with Crippen LogP contribution >= 0.6 is 11.6 Å². The van der Waals surface area contributed by atoms with Gasteiger partial charge in [-0.3, -0.25) is 4.90 Å². The summed E-state index contributed by atoms with van der Waals surface area (Å²) in [5.74, 6) is 0.00476. The Bertz CT molecular complexity index is 1580. The highest BCUT2D eigenvalue weighted by molar-refractivity contribution is 6.30. The topological polar surface area (TPSA) is 79.4 Å². The van der Waals surface area contributed by atoms with Crippen LogP contribution in [0.25, 0.3) is 11.0 Å². The Morgan fingerprint density at radius 2 is 1.90 bits per heavy atom. The quantitative estimate of drug-likeness (QED) is 0.300. The molecule has 0 amide bonds. The number of benzene rings is 2. The lowest BCUT2D eigenvalue weighted by Crippen LogP contribution is -2.46. The van der Waals surface area contributed by atoms with E-state index in [1.54, 1.807) is 30.5 Å². The Balaban J connectivity index is 1.12. The molecule has 8 nitrogen and oxygen atoms in total. The summed E-state index contributed by atoms with van der Waals surface area (Å²) in [5.41, 5.74) is 3.16. The Kier molecular flexibility index (Phi) is 7.52. The maximum Gasteiger partial charge on any atom is 0.165 e. The molecule has 0 N–H and O–H groups in total. The highest BCUT2D eigenvalue weighted by Crippen LogP contribution is 2.28. The molecule has 2 aromatic carbocycles. The summed E-state index contributed by atoms with van der Waals surface area (Å²) < 4.78 is 42.1. The molecule has 2 aromatic heterocycles. The van der Waals surface area contributed by atoms with Crippen molar-refractivity contribution in [2.24, 2.45) is 0 Å². The van der Waals surface area contributed by atoms with Crippen molar-refractivity contribution in [1.82, 2.24) is 19.4 Å². The first-order valence-corrected chi connectivity index (χ1v) is 13.5. The Hall–Kier alpha value is -3.78. The van der Waals surface area contributed by atoms with E-state index in [0.29, 0.717) is 29.4 Å². The van der Waals surface area contributed by atoms with Crippen LogP contribution < -0.4 is 9.64 Å². The molecule has 1 atom stereocenters. The number of aromatic nitrogens is 3. The van der Waals surface area contributed by atoms with Gasteiger partial charge >= 0.3 is 0 Å². The lowest BCUT2D eigenvalue weighted by atomic mass is 10.2. The third-order valence-corrected chi connectivity index (χ3v) is 7.66. The van der Waals surface area contributed by atoms with E-state index < -0.39 is 11.6 Å². The minimum atomic E-state index is -0.500. The second-order valence-corrected chi connectivity index (χ2v) is 10.4.